The summed E-state index contributed by atoms with van der Waals surface area (Å²) in [6, 6.07) is 0. The quantitative estimate of drug-likeness (QED) is 0.495. The maximum atomic E-state index is 11.0. The van der Waals surface area contributed by atoms with Crippen molar-refractivity contribution in [2.75, 3.05) is 0 Å². The summed E-state index contributed by atoms with van der Waals surface area (Å²) in [5, 5.41) is 26.8. The number of unbranched alkanes of at least 4 members (excludes halogenated alkanes) is 1. The Morgan fingerprint density at radius 1 is 1.00 bits per heavy atom. The molecule has 0 aromatic carbocycles. The van der Waals surface area contributed by atoms with Crippen LogP contribution in [0.4, 0.5) is 0 Å². The van der Waals surface area contributed by atoms with Crippen molar-refractivity contribution in [1.29, 1.82) is 0 Å². The van der Waals surface area contributed by atoms with Crippen LogP contribution in [0.2, 0.25) is 0 Å². The van der Waals surface area contributed by atoms with Crippen molar-refractivity contribution in [3.63, 3.8) is 0 Å². The van der Waals surface area contributed by atoms with Crippen molar-refractivity contribution in [3.05, 3.63) is 0 Å². The topological polar surface area (TPSA) is 94.8 Å². The Kier molecular flexibility index (Phi) is 9.28. The van der Waals surface area contributed by atoms with Crippen LogP contribution in [0.1, 0.15) is 58.3 Å². The second-order valence-electron chi connectivity index (χ2n) is 4.67. The average Bonchev–Trinajstić information content (AvgIpc) is 2.30. The van der Waals surface area contributed by atoms with E-state index in [0.29, 0.717) is 25.7 Å². The second kappa shape index (κ2) is 9.88. The molecule has 0 aliphatic heterocycles. The molecule has 0 heterocycles. The fourth-order valence-electron chi connectivity index (χ4n) is 1.87. The Morgan fingerprint density at radius 2 is 1.56 bits per heavy atom. The molecule has 18 heavy (non-hydrogen) atoms. The third-order valence-electron chi connectivity index (χ3n) is 3.10. The maximum absolute atomic E-state index is 11.0. The van der Waals surface area contributed by atoms with Crippen LogP contribution in [0.25, 0.3) is 0 Å². The van der Waals surface area contributed by atoms with Gasteiger partial charge in [0.05, 0.1) is 12.0 Å². The highest BCUT2D eigenvalue weighted by Gasteiger charge is 2.17. The van der Waals surface area contributed by atoms with E-state index >= 15 is 0 Å². The van der Waals surface area contributed by atoms with Gasteiger partial charge in [-0.3, -0.25) is 9.59 Å². The molecule has 0 aliphatic carbocycles. The Morgan fingerprint density at radius 3 is 2.06 bits per heavy atom. The maximum Gasteiger partial charge on any atom is 0.306 e. The van der Waals surface area contributed by atoms with Crippen molar-refractivity contribution >= 4 is 11.9 Å². The molecule has 5 heteroatoms. The molecule has 2 unspecified atom stereocenters. The molecule has 0 spiro atoms. The number of rotatable bonds is 11. The molecule has 106 valence electrons. The van der Waals surface area contributed by atoms with E-state index in [2.05, 4.69) is 0 Å². The van der Waals surface area contributed by atoms with Gasteiger partial charge in [0.15, 0.2) is 0 Å². The highest BCUT2D eigenvalue weighted by Crippen LogP contribution is 2.18. The van der Waals surface area contributed by atoms with Gasteiger partial charge in [-0.2, -0.15) is 0 Å². The molecule has 0 radical (unpaired) electrons. The van der Waals surface area contributed by atoms with E-state index < -0.39 is 17.9 Å². The lowest BCUT2D eigenvalue weighted by Crippen LogP contribution is -2.14. The SMILES string of the molecule is CCC(O)CCCCC(CCCC(=O)O)C(=O)O. The van der Waals surface area contributed by atoms with Crippen LogP contribution in [-0.2, 0) is 9.59 Å². The van der Waals surface area contributed by atoms with Gasteiger partial charge in [-0.1, -0.05) is 19.8 Å². The van der Waals surface area contributed by atoms with Crippen LogP contribution in [0.15, 0.2) is 0 Å². The summed E-state index contributed by atoms with van der Waals surface area (Å²) < 4.78 is 0. The Bertz CT molecular complexity index is 252. The van der Waals surface area contributed by atoms with Gasteiger partial charge in [-0.25, -0.2) is 0 Å². The van der Waals surface area contributed by atoms with Crippen LogP contribution in [0.3, 0.4) is 0 Å². The van der Waals surface area contributed by atoms with Crippen molar-refractivity contribution in [3.8, 4) is 0 Å². The molecule has 5 nitrogen and oxygen atoms in total. The van der Waals surface area contributed by atoms with E-state index in [1.54, 1.807) is 0 Å². The largest absolute Gasteiger partial charge is 0.481 e. The summed E-state index contributed by atoms with van der Waals surface area (Å²) in [4.78, 5) is 21.3. The van der Waals surface area contributed by atoms with E-state index in [9.17, 15) is 14.7 Å². The summed E-state index contributed by atoms with van der Waals surface area (Å²) in [7, 11) is 0. The van der Waals surface area contributed by atoms with E-state index in [4.69, 9.17) is 10.2 Å². The minimum absolute atomic E-state index is 0.0261. The molecule has 0 aliphatic rings. The number of hydrogen-bond donors (Lipinski definition) is 3. The van der Waals surface area contributed by atoms with Crippen molar-refractivity contribution < 1.29 is 24.9 Å². The number of aliphatic carboxylic acids is 2. The molecular formula is C13H24O5. The zero-order chi connectivity index (χ0) is 14.0. The lowest BCUT2D eigenvalue weighted by atomic mass is 9.95. The van der Waals surface area contributed by atoms with Crippen LogP contribution < -0.4 is 0 Å². The third kappa shape index (κ3) is 8.98. The molecule has 0 fully saturated rings. The number of aliphatic hydroxyl groups excluding tert-OH is 1. The first-order chi connectivity index (χ1) is 8.47. The summed E-state index contributed by atoms with van der Waals surface area (Å²) in [6.45, 7) is 1.91. The molecule has 0 aromatic heterocycles. The highest BCUT2D eigenvalue weighted by molar-refractivity contribution is 5.70. The number of carboxylic acids is 2. The number of hydrogen-bond acceptors (Lipinski definition) is 3. The van der Waals surface area contributed by atoms with Crippen LogP contribution in [0, 0.1) is 5.92 Å². The van der Waals surface area contributed by atoms with Gasteiger partial charge in [0, 0.05) is 6.42 Å². The highest BCUT2D eigenvalue weighted by atomic mass is 16.4. The molecule has 0 amide bonds. The summed E-state index contributed by atoms with van der Waals surface area (Å²) in [6.07, 6.45) is 4.13. The first-order valence-corrected chi connectivity index (χ1v) is 6.60. The summed E-state index contributed by atoms with van der Waals surface area (Å²) >= 11 is 0. The van der Waals surface area contributed by atoms with Crippen molar-refractivity contribution in [2.45, 2.75) is 64.4 Å². The van der Waals surface area contributed by atoms with Gasteiger partial charge >= 0.3 is 11.9 Å². The smallest absolute Gasteiger partial charge is 0.306 e. The molecule has 0 saturated carbocycles. The first-order valence-electron chi connectivity index (χ1n) is 6.60. The van der Waals surface area contributed by atoms with Gasteiger partial charge in [0.1, 0.15) is 0 Å². The molecule has 0 rings (SSSR count). The van der Waals surface area contributed by atoms with Gasteiger partial charge in [0.2, 0.25) is 0 Å². The minimum Gasteiger partial charge on any atom is -0.481 e. The van der Waals surface area contributed by atoms with E-state index in [-0.39, 0.29) is 12.5 Å². The zero-order valence-electron chi connectivity index (χ0n) is 11.0. The van der Waals surface area contributed by atoms with Crippen LogP contribution in [0.5, 0.6) is 0 Å². The Hall–Kier alpha value is -1.10. The zero-order valence-corrected chi connectivity index (χ0v) is 11.0. The number of carboxylic acid groups (broad SMARTS) is 2. The van der Waals surface area contributed by atoms with Gasteiger partial charge in [-0.05, 0) is 32.1 Å². The molecule has 2 atom stereocenters. The van der Waals surface area contributed by atoms with Crippen LogP contribution >= 0.6 is 0 Å². The third-order valence-corrected chi connectivity index (χ3v) is 3.10. The number of carbonyl (C=O) groups is 2. The van der Waals surface area contributed by atoms with E-state index in [1.807, 2.05) is 6.92 Å². The predicted molar refractivity (Wildman–Crippen MR) is 67.4 cm³/mol. The van der Waals surface area contributed by atoms with Gasteiger partial charge in [0.25, 0.3) is 0 Å². The number of aliphatic hydroxyl groups is 1. The lowest BCUT2D eigenvalue weighted by molar-refractivity contribution is -0.143. The lowest BCUT2D eigenvalue weighted by Gasteiger charge is -2.12. The fraction of sp³-hybridized carbons (Fsp3) is 0.846. The summed E-state index contributed by atoms with van der Waals surface area (Å²) in [5.41, 5.74) is 0. The Balaban J connectivity index is 3.76. The molecule has 0 bridgehead atoms. The van der Waals surface area contributed by atoms with Crippen molar-refractivity contribution in [2.24, 2.45) is 5.92 Å². The molecular weight excluding hydrogens is 236 g/mol. The van der Waals surface area contributed by atoms with Gasteiger partial charge < -0.3 is 15.3 Å². The average molecular weight is 260 g/mol. The normalized spacial score (nSPS) is 14.1. The van der Waals surface area contributed by atoms with E-state index in [1.165, 1.54) is 0 Å². The van der Waals surface area contributed by atoms with Gasteiger partial charge in [-0.15, -0.1) is 0 Å². The van der Waals surface area contributed by atoms with E-state index in [0.717, 1.165) is 19.3 Å². The van der Waals surface area contributed by atoms with Crippen LogP contribution in [-0.4, -0.2) is 33.4 Å². The minimum atomic E-state index is -0.884. The summed E-state index contributed by atoms with van der Waals surface area (Å²) in [5.74, 6) is -2.19. The Labute approximate surface area is 108 Å². The first kappa shape index (κ1) is 16.9. The second-order valence-corrected chi connectivity index (χ2v) is 4.67. The molecule has 3 N–H and O–H groups in total. The van der Waals surface area contributed by atoms with Crippen molar-refractivity contribution in [1.82, 2.24) is 0 Å². The monoisotopic (exact) mass is 260 g/mol. The molecule has 0 aromatic rings. The molecule has 0 saturated heterocycles. The fourth-order valence-corrected chi connectivity index (χ4v) is 1.87. The predicted octanol–water partition coefficient (Wildman–Crippen LogP) is 2.27. The standard InChI is InChI=1S/C13H24O5/c1-2-11(14)8-4-3-6-10(13(17)18)7-5-9-12(15)16/h10-11,14H,2-9H2,1H3,(H,15,16)(H,17,18).